The van der Waals surface area contributed by atoms with Crippen LogP contribution < -0.4 is 10.5 Å². The minimum atomic E-state index is -0.775. The van der Waals surface area contributed by atoms with Gasteiger partial charge < -0.3 is 15.2 Å². The largest absolute Gasteiger partial charge is 0.492 e. The lowest BCUT2D eigenvalue weighted by molar-refractivity contribution is -0.384. The van der Waals surface area contributed by atoms with Crippen LogP contribution in [0.15, 0.2) is 12.1 Å². The maximum absolute atomic E-state index is 11.3. The van der Waals surface area contributed by atoms with Gasteiger partial charge in [0.05, 0.1) is 24.7 Å². The first-order valence-electron chi connectivity index (χ1n) is 8.19. The molecule has 0 spiro atoms. The summed E-state index contributed by atoms with van der Waals surface area (Å²) in [4.78, 5) is 23.8. The molecule has 8 nitrogen and oxygen atoms in total. The van der Waals surface area contributed by atoms with Gasteiger partial charge in [-0.05, 0) is 12.5 Å². The molecule has 9 heteroatoms. The molecule has 2 rings (SSSR count). The minimum Gasteiger partial charge on any atom is -0.492 e. The lowest BCUT2D eigenvalue weighted by Gasteiger charge is -2.26. The van der Waals surface area contributed by atoms with E-state index in [1.54, 1.807) is 0 Å². The number of nitro benzene ring substituents is 1. The molecule has 2 N–H and O–H groups in total. The predicted molar refractivity (Wildman–Crippen MR) is 95.3 cm³/mol. The fraction of sp³-hybridized carbons (Fsp3) is 0.562. The number of benzene rings is 1. The first-order valence-corrected chi connectivity index (χ1v) is 8.57. The fourth-order valence-corrected chi connectivity index (χ4v) is 2.49. The third kappa shape index (κ3) is 6.49. The molecule has 0 radical (unpaired) electrons. The molecule has 1 saturated heterocycles. The number of nitro groups is 1. The van der Waals surface area contributed by atoms with Crippen LogP contribution in [0.1, 0.15) is 30.6 Å². The molecule has 1 aromatic rings. The van der Waals surface area contributed by atoms with Gasteiger partial charge in [-0.1, -0.05) is 25.4 Å². The zero-order valence-electron chi connectivity index (χ0n) is 14.5. The average molecular weight is 374 g/mol. The van der Waals surface area contributed by atoms with Gasteiger partial charge in [0.25, 0.3) is 5.69 Å². The van der Waals surface area contributed by atoms with Crippen LogP contribution in [0.2, 0.25) is 5.02 Å². The van der Waals surface area contributed by atoms with Crippen LogP contribution in [0.4, 0.5) is 5.69 Å². The van der Waals surface area contributed by atoms with E-state index in [-0.39, 0.29) is 16.3 Å². The molecule has 0 aliphatic carbocycles. The Balaban J connectivity index is 0.00000151. The number of primary amides is 1. The first-order chi connectivity index (χ1) is 12.0. The number of hydrogen-bond acceptors (Lipinski definition) is 6. The van der Waals surface area contributed by atoms with E-state index in [1.165, 1.54) is 6.07 Å². The molecule has 0 saturated carbocycles. The van der Waals surface area contributed by atoms with Crippen molar-refractivity contribution in [2.45, 2.75) is 20.3 Å². The Morgan fingerprint density at radius 1 is 1.40 bits per heavy atom. The lowest BCUT2D eigenvalue weighted by Crippen LogP contribution is -2.37. The number of amides is 1. The maximum Gasteiger partial charge on any atom is 0.292 e. The summed E-state index contributed by atoms with van der Waals surface area (Å²) < 4.78 is 10.8. The van der Waals surface area contributed by atoms with Gasteiger partial charge in [0.1, 0.15) is 5.75 Å². The average Bonchev–Trinajstić information content (AvgIpc) is 2.62. The van der Waals surface area contributed by atoms with Crippen LogP contribution in [-0.2, 0) is 4.74 Å². The zero-order chi connectivity index (χ0) is 18.8. The third-order valence-electron chi connectivity index (χ3n) is 3.48. The molecule has 1 aliphatic rings. The predicted octanol–water partition coefficient (Wildman–Crippen LogP) is 2.47. The van der Waals surface area contributed by atoms with Crippen molar-refractivity contribution >= 4 is 23.2 Å². The molecular weight excluding hydrogens is 350 g/mol. The summed E-state index contributed by atoms with van der Waals surface area (Å²) in [5.74, 6) is -0.681. The Kier molecular flexibility index (Phi) is 9.18. The number of nitrogens with two attached hydrogens (primary N) is 1. The number of rotatable bonds is 7. The summed E-state index contributed by atoms with van der Waals surface area (Å²) in [6.45, 7) is 8.36. The van der Waals surface area contributed by atoms with Crippen molar-refractivity contribution < 1.29 is 19.2 Å². The molecule has 0 unspecified atom stereocenters. The molecule has 1 amide bonds. The van der Waals surface area contributed by atoms with Gasteiger partial charge in [0.2, 0.25) is 5.91 Å². The molecule has 0 atom stereocenters. The second-order valence-corrected chi connectivity index (χ2v) is 5.46. The van der Waals surface area contributed by atoms with E-state index in [1.807, 2.05) is 13.8 Å². The molecular formula is C16H24ClN3O5. The van der Waals surface area contributed by atoms with Crippen molar-refractivity contribution in [3.8, 4) is 5.75 Å². The highest BCUT2D eigenvalue weighted by Crippen LogP contribution is 2.35. The van der Waals surface area contributed by atoms with Crippen molar-refractivity contribution in [2.24, 2.45) is 5.73 Å². The smallest absolute Gasteiger partial charge is 0.292 e. The Morgan fingerprint density at radius 3 is 2.60 bits per heavy atom. The van der Waals surface area contributed by atoms with E-state index in [0.717, 1.165) is 45.3 Å². The second-order valence-electron chi connectivity index (χ2n) is 5.08. The van der Waals surface area contributed by atoms with E-state index in [0.29, 0.717) is 6.61 Å². The Morgan fingerprint density at radius 2 is 2.04 bits per heavy atom. The van der Waals surface area contributed by atoms with E-state index in [9.17, 15) is 14.9 Å². The van der Waals surface area contributed by atoms with Gasteiger partial charge in [0, 0.05) is 31.3 Å². The molecule has 0 aromatic heterocycles. The molecule has 25 heavy (non-hydrogen) atoms. The van der Waals surface area contributed by atoms with Crippen molar-refractivity contribution in [3.63, 3.8) is 0 Å². The number of hydrogen-bond donors (Lipinski definition) is 1. The van der Waals surface area contributed by atoms with Gasteiger partial charge in [-0.15, -0.1) is 0 Å². The topological polar surface area (TPSA) is 108 Å². The van der Waals surface area contributed by atoms with Crippen LogP contribution in [-0.4, -0.2) is 55.2 Å². The zero-order valence-corrected chi connectivity index (χ0v) is 15.3. The number of carbonyl (C=O) groups excluding carboxylic acids is 1. The van der Waals surface area contributed by atoms with E-state index < -0.39 is 16.5 Å². The SMILES string of the molecule is CC.NC(=O)c1cc(OCCCN2CCOCC2)c(Cl)c([N+](=O)[O-])c1. The van der Waals surface area contributed by atoms with Crippen LogP contribution in [0.5, 0.6) is 5.75 Å². The molecule has 0 bridgehead atoms. The molecule has 1 aliphatic heterocycles. The van der Waals surface area contributed by atoms with Gasteiger partial charge in [-0.2, -0.15) is 0 Å². The second kappa shape index (κ2) is 10.9. The van der Waals surface area contributed by atoms with Gasteiger partial charge >= 0.3 is 0 Å². The number of carbonyl (C=O) groups is 1. The van der Waals surface area contributed by atoms with Crippen molar-refractivity contribution in [1.29, 1.82) is 0 Å². The van der Waals surface area contributed by atoms with Crippen LogP contribution in [0.3, 0.4) is 0 Å². The van der Waals surface area contributed by atoms with Gasteiger partial charge in [0.15, 0.2) is 5.02 Å². The standard InChI is InChI=1S/C14H18ClN3O5.C2H6/c15-13-11(18(20)21)8-10(14(16)19)9-12(13)23-5-1-2-17-3-6-22-7-4-17;1-2/h8-9H,1-7H2,(H2,16,19);1-2H3. The summed E-state index contributed by atoms with van der Waals surface area (Å²) in [5.41, 5.74) is 4.77. The van der Waals surface area contributed by atoms with Crippen LogP contribution >= 0.6 is 11.6 Å². The Labute approximate surface area is 152 Å². The number of morpholine rings is 1. The summed E-state index contributed by atoms with van der Waals surface area (Å²) in [7, 11) is 0. The highest BCUT2D eigenvalue weighted by molar-refractivity contribution is 6.34. The highest BCUT2D eigenvalue weighted by atomic mass is 35.5. The van der Waals surface area contributed by atoms with Crippen LogP contribution in [0, 0.1) is 10.1 Å². The fourth-order valence-electron chi connectivity index (χ4n) is 2.26. The van der Waals surface area contributed by atoms with Gasteiger partial charge in [-0.3, -0.25) is 19.8 Å². The Bertz CT molecular complexity index is 591. The molecule has 1 heterocycles. The van der Waals surface area contributed by atoms with E-state index >= 15 is 0 Å². The van der Waals surface area contributed by atoms with Crippen LogP contribution in [0.25, 0.3) is 0 Å². The molecule has 1 aromatic carbocycles. The highest BCUT2D eigenvalue weighted by Gasteiger charge is 2.21. The van der Waals surface area contributed by atoms with Gasteiger partial charge in [-0.25, -0.2) is 0 Å². The van der Waals surface area contributed by atoms with Crippen molar-refractivity contribution in [2.75, 3.05) is 39.5 Å². The van der Waals surface area contributed by atoms with Crippen molar-refractivity contribution in [3.05, 3.63) is 32.8 Å². The minimum absolute atomic E-state index is 0.00993. The lowest BCUT2D eigenvalue weighted by atomic mass is 10.2. The normalized spacial score (nSPS) is 14.4. The number of halogens is 1. The Hall–Kier alpha value is -1.90. The summed E-state index contributed by atoms with van der Waals surface area (Å²) in [6, 6.07) is 2.37. The monoisotopic (exact) mass is 373 g/mol. The summed E-state index contributed by atoms with van der Waals surface area (Å²) in [5, 5.41) is 10.8. The maximum atomic E-state index is 11.3. The third-order valence-corrected chi connectivity index (χ3v) is 3.86. The summed E-state index contributed by atoms with van der Waals surface area (Å²) in [6.07, 6.45) is 0.727. The number of nitrogens with zero attached hydrogens (tertiary/aromatic N) is 2. The number of ether oxygens (including phenoxy) is 2. The molecule has 140 valence electrons. The van der Waals surface area contributed by atoms with Crippen molar-refractivity contribution in [1.82, 2.24) is 4.90 Å². The van der Waals surface area contributed by atoms with E-state index in [2.05, 4.69) is 4.90 Å². The van der Waals surface area contributed by atoms with E-state index in [4.69, 9.17) is 26.8 Å². The summed E-state index contributed by atoms with van der Waals surface area (Å²) >= 11 is 5.96. The first kappa shape index (κ1) is 21.1. The quantitative estimate of drug-likeness (QED) is 0.447. The molecule has 1 fully saturated rings.